The molecule has 0 unspecified atom stereocenters. The average molecular weight is 315 g/mol. The number of ether oxygens (including phenoxy) is 1. The molecule has 0 amide bonds. The van der Waals surface area contributed by atoms with Gasteiger partial charge in [-0.2, -0.15) is 54.5 Å². The van der Waals surface area contributed by atoms with Crippen molar-refractivity contribution in [3.05, 3.63) is 11.6 Å². The van der Waals surface area contributed by atoms with Crippen LogP contribution in [0, 0.1) is 0 Å². The van der Waals surface area contributed by atoms with Crippen molar-refractivity contribution in [3.63, 3.8) is 0 Å². The van der Waals surface area contributed by atoms with Crippen LogP contribution in [0.1, 0.15) is 11.6 Å². The largest absolute Gasteiger partial charge is 0.454 e. The SMILES string of the molecule is FC(F)(F)COc1nc(C(F)(F)F)nc(C(F)(F)F)n1. The Hall–Kier alpha value is -1.82. The second-order valence-corrected chi connectivity index (χ2v) is 3.16. The summed E-state index contributed by atoms with van der Waals surface area (Å²) in [5, 5.41) is 0. The first-order valence-corrected chi connectivity index (χ1v) is 4.39. The summed E-state index contributed by atoms with van der Waals surface area (Å²) >= 11 is 0. The topological polar surface area (TPSA) is 47.9 Å². The maximum Gasteiger partial charge on any atom is 0.451 e. The number of rotatable bonds is 2. The molecular formula is C7H2F9N3O. The van der Waals surface area contributed by atoms with Crippen molar-refractivity contribution in [1.29, 1.82) is 0 Å². The molecule has 1 aromatic rings. The van der Waals surface area contributed by atoms with Crippen molar-refractivity contribution < 1.29 is 44.3 Å². The smallest absolute Gasteiger partial charge is 0.451 e. The first-order valence-electron chi connectivity index (χ1n) is 4.39. The van der Waals surface area contributed by atoms with Crippen molar-refractivity contribution in [2.24, 2.45) is 0 Å². The van der Waals surface area contributed by atoms with Crippen molar-refractivity contribution in [2.45, 2.75) is 18.5 Å². The normalized spacial score (nSPS) is 13.4. The van der Waals surface area contributed by atoms with E-state index in [0.29, 0.717) is 0 Å². The van der Waals surface area contributed by atoms with Gasteiger partial charge < -0.3 is 4.74 Å². The number of aromatic nitrogens is 3. The summed E-state index contributed by atoms with van der Waals surface area (Å²) in [6, 6.07) is -1.73. The third-order valence-corrected chi connectivity index (χ3v) is 1.49. The minimum atomic E-state index is -5.40. The molecule has 0 fully saturated rings. The zero-order valence-corrected chi connectivity index (χ0v) is 8.86. The Balaban J connectivity index is 3.18. The second kappa shape index (κ2) is 4.94. The summed E-state index contributed by atoms with van der Waals surface area (Å²) in [6.45, 7) is -2.15. The van der Waals surface area contributed by atoms with Gasteiger partial charge in [-0.25, -0.2) is 0 Å². The van der Waals surface area contributed by atoms with E-state index in [-0.39, 0.29) is 0 Å². The Morgan fingerprint density at radius 1 is 0.700 bits per heavy atom. The molecule has 0 bridgehead atoms. The van der Waals surface area contributed by atoms with Crippen LogP contribution in [0.25, 0.3) is 0 Å². The number of halogens is 9. The summed E-state index contributed by atoms with van der Waals surface area (Å²) < 4.78 is 112. The molecule has 114 valence electrons. The Labute approximate surface area is 103 Å². The van der Waals surface area contributed by atoms with E-state index in [9.17, 15) is 39.5 Å². The quantitative estimate of drug-likeness (QED) is 0.788. The lowest BCUT2D eigenvalue weighted by Gasteiger charge is -2.12. The minimum Gasteiger partial charge on any atom is -0.454 e. The second-order valence-electron chi connectivity index (χ2n) is 3.16. The van der Waals surface area contributed by atoms with Crippen molar-refractivity contribution in [1.82, 2.24) is 15.0 Å². The number of hydrogen-bond donors (Lipinski definition) is 0. The monoisotopic (exact) mass is 315 g/mol. The highest BCUT2D eigenvalue weighted by atomic mass is 19.4. The van der Waals surface area contributed by atoms with Crippen molar-refractivity contribution >= 4 is 0 Å². The van der Waals surface area contributed by atoms with Crippen LogP contribution in [0.5, 0.6) is 6.01 Å². The third kappa shape index (κ3) is 4.70. The van der Waals surface area contributed by atoms with Gasteiger partial charge in [0.15, 0.2) is 6.61 Å². The van der Waals surface area contributed by atoms with Gasteiger partial charge in [-0.15, -0.1) is 0 Å². The highest BCUT2D eigenvalue weighted by molar-refractivity contribution is 5.06. The molecule has 1 heterocycles. The molecule has 0 N–H and O–H groups in total. The van der Waals surface area contributed by atoms with E-state index in [0.717, 1.165) is 0 Å². The number of alkyl halides is 9. The van der Waals surface area contributed by atoms with Gasteiger partial charge in [0, 0.05) is 0 Å². The Morgan fingerprint density at radius 2 is 1.10 bits per heavy atom. The Kier molecular flexibility index (Phi) is 4.01. The molecule has 20 heavy (non-hydrogen) atoms. The summed E-state index contributed by atoms with van der Waals surface area (Å²) in [4.78, 5) is 6.79. The van der Waals surface area contributed by atoms with Gasteiger partial charge in [0.25, 0.3) is 0 Å². The average Bonchev–Trinajstić information content (AvgIpc) is 2.22. The van der Waals surface area contributed by atoms with E-state index in [1.54, 1.807) is 0 Å². The molecule has 0 spiro atoms. The van der Waals surface area contributed by atoms with E-state index in [1.165, 1.54) is 0 Å². The molecule has 0 aliphatic carbocycles. The van der Waals surface area contributed by atoms with Crippen molar-refractivity contribution in [3.8, 4) is 6.01 Å². The van der Waals surface area contributed by atoms with Gasteiger partial charge in [0.1, 0.15) is 0 Å². The molecule has 4 nitrogen and oxygen atoms in total. The van der Waals surface area contributed by atoms with Crippen LogP contribution in [-0.2, 0) is 12.4 Å². The first kappa shape index (κ1) is 16.2. The highest BCUT2D eigenvalue weighted by Crippen LogP contribution is 2.32. The third-order valence-electron chi connectivity index (χ3n) is 1.49. The van der Waals surface area contributed by atoms with Crippen molar-refractivity contribution in [2.75, 3.05) is 6.61 Å². The fourth-order valence-corrected chi connectivity index (χ4v) is 0.821. The van der Waals surface area contributed by atoms with Crippen LogP contribution in [-0.4, -0.2) is 27.7 Å². The molecule has 0 aliphatic heterocycles. The van der Waals surface area contributed by atoms with E-state index in [4.69, 9.17) is 0 Å². The molecule has 0 aromatic carbocycles. The molecule has 1 aromatic heterocycles. The predicted octanol–water partition coefficient (Wildman–Crippen LogP) is 2.85. The van der Waals surface area contributed by atoms with Gasteiger partial charge in [0.2, 0.25) is 11.6 Å². The lowest BCUT2D eigenvalue weighted by Crippen LogP contribution is -2.23. The molecule has 13 heteroatoms. The fourth-order valence-electron chi connectivity index (χ4n) is 0.821. The lowest BCUT2D eigenvalue weighted by molar-refractivity contribution is -0.160. The fraction of sp³-hybridized carbons (Fsp3) is 0.571. The zero-order chi connectivity index (χ0) is 15.8. The Morgan fingerprint density at radius 3 is 1.40 bits per heavy atom. The van der Waals surface area contributed by atoms with Gasteiger partial charge in [0.05, 0.1) is 0 Å². The molecule has 1 rings (SSSR count). The highest BCUT2D eigenvalue weighted by Gasteiger charge is 2.42. The van der Waals surface area contributed by atoms with E-state index >= 15 is 0 Å². The molecule has 0 saturated carbocycles. The summed E-state index contributed by atoms with van der Waals surface area (Å²) in [5.41, 5.74) is 0. The minimum absolute atomic E-state index is 1.73. The maximum atomic E-state index is 12.2. The first-order chi connectivity index (χ1) is 8.79. The van der Waals surface area contributed by atoms with Gasteiger partial charge in [-0.3, -0.25) is 0 Å². The number of hydrogen-bond acceptors (Lipinski definition) is 4. The number of nitrogens with zero attached hydrogens (tertiary/aromatic N) is 3. The predicted molar refractivity (Wildman–Crippen MR) is 41.4 cm³/mol. The maximum absolute atomic E-state index is 12.2. The molecule has 0 aliphatic rings. The summed E-state index contributed by atoms with van der Waals surface area (Å²) in [5.74, 6) is -4.62. The van der Waals surface area contributed by atoms with Gasteiger partial charge >= 0.3 is 24.5 Å². The molecular weight excluding hydrogens is 313 g/mol. The van der Waals surface area contributed by atoms with Gasteiger partial charge in [-0.05, 0) is 0 Å². The van der Waals surface area contributed by atoms with Crippen LogP contribution in [0.3, 0.4) is 0 Å². The van der Waals surface area contributed by atoms with Crippen LogP contribution < -0.4 is 4.74 Å². The summed E-state index contributed by atoms with van der Waals surface area (Å²) in [6.07, 6.45) is -15.8. The molecule has 0 atom stereocenters. The van der Waals surface area contributed by atoms with Crippen LogP contribution in [0.15, 0.2) is 0 Å². The van der Waals surface area contributed by atoms with E-state index < -0.39 is 42.8 Å². The van der Waals surface area contributed by atoms with Crippen LogP contribution in [0.4, 0.5) is 39.5 Å². The molecule has 0 radical (unpaired) electrons. The summed E-state index contributed by atoms with van der Waals surface area (Å²) in [7, 11) is 0. The standard InChI is InChI=1S/C7H2F9N3O/c8-5(9,10)1-20-4-18-2(6(11,12)13)17-3(19-4)7(14,15)16/h1H2. The lowest BCUT2D eigenvalue weighted by atomic mass is 10.5. The zero-order valence-electron chi connectivity index (χ0n) is 8.86. The van der Waals surface area contributed by atoms with Crippen LogP contribution in [0.2, 0.25) is 0 Å². The van der Waals surface area contributed by atoms with E-state index in [2.05, 4.69) is 19.7 Å². The van der Waals surface area contributed by atoms with E-state index in [1.807, 2.05) is 0 Å². The Bertz CT molecular complexity index is 446. The van der Waals surface area contributed by atoms with Gasteiger partial charge in [-0.1, -0.05) is 0 Å². The van der Waals surface area contributed by atoms with Crippen LogP contribution >= 0.6 is 0 Å². The molecule has 0 saturated heterocycles.